The van der Waals surface area contributed by atoms with Crippen molar-refractivity contribution >= 4 is 28.0 Å². The average molecular weight is 399 g/mol. The van der Waals surface area contributed by atoms with Gasteiger partial charge in [-0.2, -0.15) is 18.0 Å². The fraction of sp³-hybridized carbons (Fsp3) is 0.500. The summed E-state index contributed by atoms with van der Waals surface area (Å²) in [6.07, 6.45) is 0.250. The van der Waals surface area contributed by atoms with E-state index in [-0.39, 0.29) is 16.8 Å². The number of carbonyl (C=O) groups excluding carboxylic acids is 3. The molecule has 1 aromatic carbocycles. The van der Waals surface area contributed by atoms with Gasteiger partial charge in [-0.3, -0.25) is 4.28 Å². The highest BCUT2D eigenvalue weighted by Gasteiger charge is 2.32. The van der Waals surface area contributed by atoms with E-state index in [9.17, 15) is 13.2 Å². The van der Waals surface area contributed by atoms with E-state index < -0.39 is 27.1 Å². The lowest BCUT2D eigenvalue weighted by atomic mass is 9.90. The quantitative estimate of drug-likeness (QED) is 0.434. The second kappa shape index (κ2) is 9.43. The number of oxime groups is 1. The van der Waals surface area contributed by atoms with Crippen molar-refractivity contribution < 1.29 is 31.8 Å². The second-order valence-corrected chi connectivity index (χ2v) is 9.15. The van der Waals surface area contributed by atoms with Gasteiger partial charge < -0.3 is 4.74 Å². The maximum Gasteiger partial charge on any atom is 0.373 e. The molecule has 0 aromatic heterocycles. The first-order chi connectivity index (χ1) is 12.1. The molecule has 8 nitrogen and oxygen atoms in total. The zero-order chi connectivity index (χ0) is 21.5. The van der Waals surface area contributed by atoms with Crippen LogP contribution in [0.2, 0.25) is 0 Å². The zero-order valence-electron chi connectivity index (χ0n) is 16.5. The van der Waals surface area contributed by atoms with E-state index >= 15 is 0 Å². The fourth-order valence-electron chi connectivity index (χ4n) is 1.64. The third kappa shape index (κ3) is 9.12. The average Bonchev–Trinajstić information content (AvgIpc) is 2.45. The Kier molecular flexibility index (Phi) is 8.56. The van der Waals surface area contributed by atoms with Gasteiger partial charge in [0.15, 0.2) is 5.71 Å². The number of carbonyl (C=O) groups is 1. The minimum absolute atomic E-state index is 0.0331. The highest BCUT2D eigenvalue weighted by molar-refractivity contribution is 7.86. The summed E-state index contributed by atoms with van der Waals surface area (Å²) in [6.45, 7) is 12.2. The van der Waals surface area contributed by atoms with Gasteiger partial charge in [-0.25, -0.2) is 4.79 Å². The third-order valence-corrected chi connectivity index (χ3v) is 3.96. The van der Waals surface area contributed by atoms with Crippen molar-refractivity contribution in [3.63, 3.8) is 0 Å². The molecule has 0 amide bonds. The molecule has 0 bridgehead atoms. The van der Waals surface area contributed by atoms with Crippen molar-refractivity contribution in [3.05, 3.63) is 29.8 Å². The molecule has 9 heteroatoms. The summed E-state index contributed by atoms with van der Waals surface area (Å²) < 4.78 is 34.4. The van der Waals surface area contributed by atoms with Crippen LogP contribution in [-0.4, -0.2) is 31.9 Å². The molecule has 0 aliphatic rings. The number of rotatable bonds is 4. The third-order valence-electron chi connectivity index (χ3n) is 2.84. The number of benzene rings is 1. The Morgan fingerprint density at radius 1 is 1.00 bits per heavy atom. The highest BCUT2D eigenvalue weighted by Crippen LogP contribution is 2.21. The molecular formula is C18H25NO7S. The first-order valence-electron chi connectivity index (χ1n) is 7.95. The first-order valence-corrected chi connectivity index (χ1v) is 9.36. The molecular weight excluding hydrogens is 374 g/mol. The highest BCUT2D eigenvalue weighted by atomic mass is 32.2. The zero-order valence-corrected chi connectivity index (χ0v) is 17.3. The molecule has 0 N–H and O–H groups in total. The topological polar surface area (TPSA) is 116 Å². The second-order valence-electron chi connectivity index (χ2n) is 7.62. The summed E-state index contributed by atoms with van der Waals surface area (Å²) in [4.78, 5) is 28.5. The van der Waals surface area contributed by atoms with Gasteiger partial charge in [0.1, 0.15) is 10.5 Å². The predicted octanol–water partition coefficient (Wildman–Crippen LogP) is 2.86. The molecule has 1 aromatic rings. The number of nitrogens with zero attached hydrogens (tertiary/aromatic N) is 1. The number of hydrogen-bond acceptors (Lipinski definition) is 8. The Hall–Kier alpha value is -2.51. The Morgan fingerprint density at radius 2 is 1.44 bits per heavy atom. The molecule has 0 radical (unpaired) electrons. The maximum atomic E-state index is 12.3. The largest absolute Gasteiger partial charge is 0.455 e. The normalized spacial score (nSPS) is 12.3. The van der Waals surface area contributed by atoms with Crippen molar-refractivity contribution in [1.82, 2.24) is 0 Å². The van der Waals surface area contributed by atoms with E-state index in [1.807, 2.05) is 6.92 Å². The van der Waals surface area contributed by atoms with Gasteiger partial charge in [0, 0.05) is 5.41 Å². The lowest BCUT2D eigenvalue weighted by Crippen LogP contribution is -2.36. The van der Waals surface area contributed by atoms with Crippen molar-refractivity contribution in [3.8, 4) is 0 Å². The van der Waals surface area contributed by atoms with Crippen LogP contribution in [0.15, 0.2) is 34.3 Å². The monoisotopic (exact) mass is 399 g/mol. The molecule has 0 saturated carbocycles. The van der Waals surface area contributed by atoms with Crippen molar-refractivity contribution in [2.24, 2.45) is 10.6 Å². The van der Waals surface area contributed by atoms with E-state index in [4.69, 9.17) is 18.6 Å². The van der Waals surface area contributed by atoms with E-state index in [0.717, 1.165) is 5.56 Å². The minimum atomic E-state index is -4.10. The lowest BCUT2D eigenvalue weighted by molar-refractivity contribution is -0.191. The van der Waals surface area contributed by atoms with Crippen LogP contribution < -0.4 is 0 Å². The molecule has 27 heavy (non-hydrogen) atoms. The van der Waals surface area contributed by atoms with Crippen molar-refractivity contribution in [2.45, 2.75) is 59.0 Å². The number of esters is 1. The molecule has 150 valence electrons. The van der Waals surface area contributed by atoms with E-state index in [0.29, 0.717) is 0 Å². The lowest BCUT2D eigenvalue weighted by Gasteiger charge is -2.24. The minimum Gasteiger partial charge on any atom is -0.455 e. The summed E-state index contributed by atoms with van der Waals surface area (Å²) >= 11 is 0. The van der Waals surface area contributed by atoms with Crippen molar-refractivity contribution in [1.29, 1.82) is 0 Å². The SMILES string of the molecule is Cc1ccc(S(=O)(=O)O/N=C(\C(=O)OC(C)(C)C)C(C)(C)C)cc1.O=C=O. The molecule has 0 aliphatic carbocycles. The molecule has 0 fully saturated rings. The van der Waals surface area contributed by atoms with Gasteiger partial charge in [-0.1, -0.05) is 43.6 Å². The maximum absolute atomic E-state index is 12.3. The van der Waals surface area contributed by atoms with Crippen molar-refractivity contribution in [2.75, 3.05) is 0 Å². The predicted molar refractivity (Wildman–Crippen MR) is 97.2 cm³/mol. The van der Waals surface area contributed by atoms with E-state index in [2.05, 4.69) is 5.16 Å². The van der Waals surface area contributed by atoms with Crippen LogP contribution in [0, 0.1) is 12.3 Å². The Bertz CT molecular complexity index is 805. The van der Waals surface area contributed by atoms with Gasteiger partial charge in [0.2, 0.25) is 0 Å². The van der Waals surface area contributed by atoms with Crippen LogP contribution in [0.4, 0.5) is 0 Å². The summed E-state index contributed by atoms with van der Waals surface area (Å²) in [5, 5.41) is 3.60. The van der Waals surface area contributed by atoms with Crippen LogP contribution in [0.3, 0.4) is 0 Å². The Balaban J connectivity index is 0.00000210. The van der Waals surface area contributed by atoms with Gasteiger partial charge >= 0.3 is 22.2 Å². The number of aryl methyl sites for hydroxylation is 1. The Labute approximate surface area is 159 Å². The fourth-order valence-corrected chi connectivity index (χ4v) is 2.37. The molecule has 0 unspecified atom stereocenters. The molecule has 0 saturated heterocycles. The molecule has 0 heterocycles. The van der Waals surface area contributed by atoms with Crippen LogP contribution >= 0.6 is 0 Å². The van der Waals surface area contributed by atoms with Gasteiger partial charge in [-0.15, -0.1) is 0 Å². The van der Waals surface area contributed by atoms with Gasteiger partial charge in [0.05, 0.1) is 0 Å². The van der Waals surface area contributed by atoms with E-state index in [1.165, 1.54) is 12.1 Å². The van der Waals surface area contributed by atoms with Crippen LogP contribution in [-0.2, 0) is 33.5 Å². The summed E-state index contributed by atoms with van der Waals surface area (Å²) in [6, 6.07) is 6.14. The molecule has 0 spiro atoms. The number of ether oxygens (including phenoxy) is 1. The summed E-state index contributed by atoms with van der Waals surface area (Å²) in [7, 11) is -4.10. The van der Waals surface area contributed by atoms with E-state index in [1.54, 1.807) is 53.7 Å². The van der Waals surface area contributed by atoms with Crippen LogP contribution in [0.5, 0.6) is 0 Å². The van der Waals surface area contributed by atoms with Gasteiger partial charge in [0.25, 0.3) is 0 Å². The summed E-state index contributed by atoms with van der Waals surface area (Å²) in [5.74, 6) is -0.714. The summed E-state index contributed by atoms with van der Waals surface area (Å²) in [5.41, 5.74) is -0.654. The Morgan fingerprint density at radius 3 is 1.81 bits per heavy atom. The standard InChI is InChI=1S/C17H25NO5S.CO2/c1-12-8-10-13(11-9-12)24(20,21)23-18-14(16(2,3)4)15(19)22-17(5,6)7;2-1-3/h8-11H,1-7H3;/b18-14+;. The first kappa shape index (κ1) is 24.5. The smallest absolute Gasteiger partial charge is 0.373 e. The molecule has 1 rings (SSSR count). The van der Waals surface area contributed by atoms with Crippen LogP contribution in [0.1, 0.15) is 47.1 Å². The molecule has 0 atom stereocenters. The number of hydrogen-bond donors (Lipinski definition) is 0. The van der Waals surface area contributed by atoms with Crippen LogP contribution in [0.25, 0.3) is 0 Å². The molecule has 0 aliphatic heterocycles. The van der Waals surface area contributed by atoms with Gasteiger partial charge in [-0.05, 0) is 39.8 Å².